The molecular weight excluding hydrogens is 180 g/mol. The Hall–Kier alpha value is -1.77. The summed E-state index contributed by atoms with van der Waals surface area (Å²) in [6.45, 7) is 0.688. The van der Waals surface area contributed by atoms with Crippen molar-refractivity contribution in [2.24, 2.45) is 0 Å². The summed E-state index contributed by atoms with van der Waals surface area (Å²) in [6, 6.07) is 5.67. The zero-order chi connectivity index (χ0) is 9.97. The molecule has 14 heavy (non-hydrogen) atoms. The summed E-state index contributed by atoms with van der Waals surface area (Å²) >= 11 is 0. The highest BCUT2D eigenvalue weighted by atomic mass is 16.5. The first-order valence-corrected chi connectivity index (χ1v) is 4.43. The molecule has 0 atom stereocenters. The van der Waals surface area contributed by atoms with Crippen molar-refractivity contribution in [3.63, 3.8) is 0 Å². The Morgan fingerprint density at radius 1 is 1.50 bits per heavy atom. The van der Waals surface area contributed by atoms with Crippen LogP contribution in [0.2, 0.25) is 0 Å². The van der Waals surface area contributed by atoms with Crippen LogP contribution >= 0.6 is 0 Å². The molecule has 0 saturated carbocycles. The molecule has 3 nitrogen and oxygen atoms in total. The standard InChI is InChI=1S/C11H10O3/c12-11(13)5-4-8-2-1-3-10-9(8)6-7-14-10/h1-5H,6-7H2,(H,12,13)/b5-4-. The molecule has 0 unspecified atom stereocenters. The van der Waals surface area contributed by atoms with Gasteiger partial charge in [0.25, 0.3) is 0 Å². The Labute approximate surface area is 81.6 Å². The summed E-state index contributed by atoms with van der Waals surface area (Å²) in [6.07, 6.45) is 3.61. The van der Waals surface area contributed by atoms with Crippen LogP contribution in [0.3, 0.4) is 0 Å². The smallest absolute Gasteiger partial charge is 0.328 e. The highest BCUT2D eigenvalue weighted by molar-refractivity contribution is 5.85. The monoisotopic (exact) mass is 190 g/mol. The third-order valence-electron chi connectivity index (χ3n) is 2.18. The Morgan fingerprint density at radius 3 is 3.14 bits per heavy atom. The molecule has 2 rings (SSSR count). The maximum absolute atomic E-state index is 10.4. The first kappa shape index (κ1) is 8.81. The summed E-state index contributed by atoms with van der Waals surface area (Å²) in [5.74, 6) is -0.0564. The lowest BCUT2D eigenvalue weighted by Gasteiger charge is -2.00. The number of aliphatic carboxylic acids is 1. The van der Waals surface area contributed by atoms with E-state index >= 15 is 0 Å². The van der Waals surface area contributed by atoms with E-state index in [9.17, 15) is 4.79 Å². The van der Waals surface area contributed by atoms with Crippen LogP contribution in [0.15, 0.2) is 24.3 Å². The lowest BCUT2D eigenvalue weighted by atomic mass is 10.0. The van der Waals surface area contributed by atoms with E-state index in [0.717, 1.165) is 29.4 Å². The van der Waals surface area contributed by atoms with Gasteiger partial charge >= 0.3 is 5.97 Å². The largest absolute Gasteiger partial charge is 0.493 e. The van der Waals surface area contributed by atoms with E-state index in [0.29, 0.717) is 6.61 Å². The molecule has 1 heterocycles. The van der Waals surface area contributed by atoms with E-state index in [1.165, 1.54) is 0 Å². The zero-order valence-corrected chi connectivity index (χ0v) is 7.56. The molecule has 0 saturated heterocycles. The number of carbonyl (C=O) groups is 1. The highest BCUT2D eigenvalue weighted by Gasteiger charge is 2.13. The highest BCUT2D eigenvalue weighted by Crippen LogP contribution is 2.28. The molecule has 0 aromatic heterocycles. The van der Waals surface area contributed by atoms with Crippen molar-refractivity contribution in [2.75, 3.05) is 6.61 Å². The predicted molar refractivity (Wildman–Crippen MR) is 52.3 cm³/mol. The van der Waals surface area contributed by atoms with Gasteiger partial charge in [-0.15, -0.1) is 0 Å². The van der Waals surface area contributed by atoms with Gasteiger partial charge in [0.1, 0.15) is 5.75 Å². The molecular formula is C11H10O3. The Kier molecular flexibility index (Phi) is 2.23. The van der Waals surface area contributed by atoms with Crippen molar-refractivity contribution in [1.29, 1.82) is 0 Å². The molecule has 0 radical (unpaired) electrons. The predicted octanol–water partition coefficient (Wildman–Crippen LogP) is 1.72. The van der Waals surface area contributed by atoms with Crippen LogP contribution in [0.5, 0.6) is 5.75 Å². The summed E-state index contributed by atoms with van der Waals surface area (Å²) in [5.41, 5.74) is 2.03. The molecule has 0 fully saturated rings. The molecule has 3 heteroatoms. The van der Waals surface area contributed by atoms with E-state index in [1.807, 2.05) is 18.2 Å². The number of hydrogen-bond acceptors (Lipinski definition) is 2. The number of carboxylic acids is 1. The average Bonchev–Trinajstić information content (AvgIpc) is 2.62. The summed E-state index contributed by atoms with van der Waals surface area (Å²) in [4.78, 5) is 10.4. The van der Waals surface area contributed by atoms with Gasteiger partial charge in [0.15, 0.2) is 0 Å². The zero-order valence-electron chi connectivity index (χ0n) is 7.56. The fourth-order valence-electron chi connectivity index (χ4n) is 1.57. The molecule has 1 N–H and O–H groups in total. The number of rotatable bonds is 2. The Balaban J connectivity index is 2.35. The summed E-state index contributed by atoms with van der Waals surface area (Å²) in [5, 5.41) is 8.51. The van der Waals surface area contributed by atoms with Crippen molar-refractivity contribution in [3.05, 3.63) is 35.4 Å². The average molecular weight is 190 g/mol. The molecule has 0 spiro atoms. The van der Waals surface area contributed by atoms with E-state index in [4.69, 9.17) is 9.84 Å². The molecule has 1 aromatic carbocycles. The number of carboxylic acid groups (broad SMARTS) is 1. The third kappa shape index (κ3) is 1.62. The van der Waals surface area contributed by atoms with Crippen LogP contribution < -0.4 is 4.74 Å². The lowest BCUT2D eigenvalue weighted by molar-refractivity contribution is -0.131. The molecule has 1 aliphatic heterocycles. The quantitative estimate of drug-likeness (QED) is 0.722. The number of fused-ring (bicyclic) bond motifs is 1. The third-order valence-corrected chi connectivity index (χ3v) is 2.18. The topological polar surface area (TPSA) is 46.5 Å². The van der Waals surface area contributed by atoms with Crippen LogP contribution in [0.1, 0.15) is 11.1 Å². The fraction of sp³-hybridized carbons (Fsp3) is 0.182. The van der Waals surface area contributed by atoms with Crippen molar-refractivity contribution < 1.29 is 14.6 Å². The van der Waals surface area contributed by atoms with Crippen molar-refractivity contribution in [3.8, 4) is 5.75 Å². The Morgan fingerprint density at radius 2 is 2.36 bits per heavy atom. The van der Waals surface area contributed by atoms with E-state index in [-0.39, 0.29) is 0 Å². The van der Waals surface area contributed by atoms with Gasteiger partial charge in [-0.1, -0.05) is 12.1 Å². The van der Waals surface area contributed by atoms with E-state index in [1.54, 1.807) is 6.08 Å². The maximum atomic E-state index is 10.4. The van der Waals surface area contributed by atoms with Crippen LogP contribution in [0.25, 0.3) is 6.08 Å². The maximum Gasteiger partial charge on any atom is 0.328 e. The van der Waals surface area contributed by atoms with Crippen LogP contribution in [0, 0.1) is 0 Å². The van der Waals surface area contributed by atoms with Gasteiger partial charge in [0.05, 0.1) is 6.61 Å². The number of hydrogen-bond donors (Lipinski definition) is 1. The van der Waals surface area contributed by atoms with Crippen LogP contribution in [-0.4, -0.2) is 17.7 Å². The first-order chi connectivity index (χ1) is 6.77. The molecule has 0 aliphatic carbocycles. The first-order valence-electron chi connectivity index (χ1n) is 4.43. The molecule has 1 aliphatic rings. The van der Waals surface area contributed by atoms with Crippen LogP contribution in [-0.2, 0) is 11.2 Å². The van der Waals surface area contributed by atoms with Gasteiger partial charge in [-0.3, -0.25) is 0 Å². The lowest BCUT2D eigenvalue weighted by Crippen LogP contribution is -1.88. The van der Waals surface area contributed by atoms with Crippen molar-refractivity contribution in [1.82, 2.24) is 0 Å². The van der Waals surface area contributed by atoms with Gasteiger partial charge in [0, 0.05) is 18.1 Å². The van der Waals surface area contributed by atoms with E-state index < -0.39 is 5.97 Å². The fourth-order valence-corrected chi connectivity index (χ4v) is 1.57. The Bertz CT molecular complexity index is 394. The van der Waals surface area contributed by atoms with Gasteiger partial charge in [-0.05, 0) is 17.7 Å². The second kappa shape index (κ2) is 3.54. The van der Waals surface area contributed by atoms with E-state index in [2.05, 4.69) is 0 Å². The summed E-state index contributed by atoms with van der Waals surface area (Å²) < 4.78 is 5.36. The molecule has 72 valence electrons. The van der Waals surface area contributed by atoms with Crippen LogP contribution in [0.4, 0.5) is 0 Å². The van der Waals surface area contributed by atoms with Crippen molar-refractivity contribution in [2.45, 2.75) is 6.42 Å². The molecule has 1 aromatic rings. The van der Waals surface area contributed by atoms with Gasteiger partial charge in [-0.25, -0.2) is 4.79 Å². The second-order valence-electron chi connectivity index (χ2n) is 3.09. The molecule has 0 bridgehead atoms. The SMILES string of the molecule is O=C(O)/C=C\c1cccc2c1CCO2. The minimum Gasteiger partial charge on any atom is -0.493 e. The van der Waals surface area contributed by atoms with Gasteiger partial charge < -0.3 is 9.84 Å². The second-order valence-corrected chi connectivity index (χ2v) is 3.09. The summed E-state index contributed by atoms with van der Waals surface area (Å²) in [7, 11) is 0. The minimum atomic E-state index is -0.929. The van der Waals surface area contributed by atoms with Gasteiger partial charge in [-0.2, -0.15) is 0 Å². The number of benzene rings is 1. The number of ether oxygens (including phenoxy) is 1. The molecule has 0 amide bonds. The van der Waals surface area contributed by atoms with Crippen molar-refractivity contribution >= 4 is 12.0 Å². The normalized spacial score (nSPS) is 14.0. The van der Waals surface area contributed by atoms with Gasteiger partial charge in [0.2, 0.25) is 0 Å². The minimum absolute atomic E-state index is 0.688.